The van der Waals surface area contributed by atoms with Gasteiger partial charge in [-0.2, -0.15) is 5.26 Å². The zero-order valence-corrected chi connectivity index (χ0v) is 22.8. The third kappa shape index (κ3) is 7.09. The lowest BCUT2D eigenvalue weighted by molar-refractivity contribution is -0.112. The fourth-order valence-corrected chi connectivity index (χ4v) is 4.62. The van der Waals surface area contributed by atoms with Gasteiger partial charge in [0.25, 0.3) is 5.91 Å². The van der Waals surface area contributed by atoms with E-state index in [1.54, 1.807) is 12.1 Å². The highest BCUT2D eigenvalue weighted by atomic mass is 127. The summed E-state index contributed by atoms with van der Waals surface area (Å²) in [6, 6.07) is 17.8. The van der Waals surface area contributed by atoms with E-state index in [1.807, 2.05) is 51.1 Å². The lowest BCUT2D eigenvalue weighted by Crippen LogP contribution is -2.14. The van der Waals surface area contributed by atoms with E-state index >= 15 is 0 Å². The standard InChI is InChI=1S/C29H29IN2O3/c1-6-34-27-15-22(13-24(16-31)29(33)32-26-8-7-18(2)10-21(26)5)14-25(30)28(27)35-17-23-11-19(3)9-20(4)12-23/h7-15H,6,17H2,1-5H3,(H,32,33)/b24-13+. The van der Waals surface area contributed by atoms with Crippen LogP contribution in [0, 0.1) is 42.6 Å². The summed E-state index contributed by atoms with van der Waals surface area (Å²) in [6.07, 6.45) is 1.57. The summed E-state index contributed by atoms with van der Waals surface area (Å²) in [5, 5.41) is 12.5. The Labute approximate surface area is 220 Å². The zero-order valence-electron chi connectivity index (χ0n) is 20.7. The van der Waals surface area contributed by atoms with Gasteiger partial charge >= 0.3 is 0 Å². The van der Waals surface area contributed by atoms with Gasteiger partial charge < -0.3 is 14.8 Å². The van der Waals surface area contributed by atoms with Gasteiger partial charge in [-0.15, -0.1) is 0 Å². The summed E-state index contributed by atoms with van der Waals surface area (Å²) in [4.78, 5) is 12.8. The molecule has 3 aromatic carbocycles. The minimum absolute atomic E-state index is 0.00660. The molecular weight excluding hydrogens is 551 g/mol. The first-order valence-corrected chi connectivity index (χ1v) is 12.4. The molecule has 0 radical (unpaired) electrons. The Morgan fingerprint density at radius 2 is 1.71 bits per heavy atom. The van der Waals surface area contributed by atoms with E-state index in [0.29, 0.717) is 36.0 Å². The molecule has 0 unspecified atom stereocenters. The second-order valence-electron chi connectivity index (χ2n) is 8.49. The van der Waals surface area contributed by atoms with Crippen molar-refractivity contribution in [3.05, 3.63) is 91.1 Å². The van der Waals surface area contributed by atoms with E-state index in [-0.39, 0.29) is 5.57 Å². The third-order valence-corrected chi connectivity index (χ3v) is 6.10. The Hall–Kier alpha value is -3.31. The van der Waals surface area contributed by atoms with Crippen LogP contribution in [-0.4, -0.2) is 12.5 Å². The SMILES string of the molecule is CCOc1cc(/C=C(\C#N)C(=O)Nc2ccc(C)cc2C)cc(I)c1OCc1cc(C)cc(C)c1. The van der Waals surface area contributed by atoms with Crippen LogP contribution in [0.3, 0.4) is 0 Å². The highest BCUT2D eigenvalue weighted by Gasteiger charge is 2.15. The van der Waals surface area contributed by atoms with Crippen LogP contribution in [0.2, 0.25) is 0 Å². The summed E-state index contributed by atoms with van der Waals surface area (Å²) in [5.74, 6) is 0.756. The van der Waals surface area contributed by atoms with Crippen molar-refractivity contribution < 1.29 is 14.3 Å². The van der Waals surface area contributed by atoms with E-state index in [9.17, 15) is 10.1 Å². The van der Waals surface area contributed by atoms with E-state index in [2.05, 4.69) is 60.0 Å². The molecule has 3 rings (SSSR count). The largest absolute Gasteiger partial charge is 0.490 e. The molecule has 0 aromatic heterocycles. The van der Waals surface area contributed by atoms with Gasteiger partial charge in [0.05, 0.1) is 10.2 Å². The molecule has 1 N–H and O–H groups in total. The molecule has 0 saturated carbocycles. The van der Waals surface area contributed by atoms with Crippen molar-refractivity contribution in [1.82, 2.24) is 0 Å². The molecule has 0 aliphatic rings. The Balaban J connectivity index is 1.86. The molecule has 35 heavy (non-hydrogen) atoms. The monoisotopic (exact) mass is 580 g/mol. The Kier molecular flexibility index (Phi) is 8.94. The van der Waals surface area contributed by atoms with Crippen LogP contribution in [0.4, 0.5) is 5.69 Å². The topological polar surface area (TPSA) is 71.3 Å². The summed E-state index contributed by atoms with van der Waals surface area (Å²) < 4.78 is 12.8. The van der Waals surface area contributed by atoms with Crippen LogP contribution in [0.5, 0.6) is 11.5 Å². The maximum Gasteiger partial charge on any atom is 0.266 e. The third-order valence-electron chi connectivity index (χ3n) is 5.30. The average molecular weight is 580 g/mol. The number of nitriles is 1. The Morgan fingerprint density at radius 3 is 2.34 bits per heavy atom. The number of carbonyl (C=O) groups excluding carboxylic acids is 1. The van der Waals surface area contributed by atoms with Gasteiger partial charge in [-0.05, 0) is 98.2 Å². The summed E-state index contributed by atoms with van der Waals surface area (Å²) in [6.45, 7) is 10.8. The molecule has 180 valence electrons. The lowest BCUT2D eigenvalue weighted by Gasteiger charge is -2.15. The molecule has 1 amide bonds. The second-order valence-corrected chi connectivity index (χ2v) is 9.65. The number of benzene rings is 3. The normalized spacial score (nSPS) is 11.1. The van der Waals surface area contributed by atoms with Crippen molar-refractivity contribution in [1.29, 1.82) is 5.26 Å². The van der Waals surface area contributed by atoms with Crippen LogP contribution in [-0.2, 0) is 11.4 Å². The predicted octanol–water partition coefficient (Wildman–Crippen LogP) is 7.05. The number of anilines is 1. The second kappa shape index (κ2) is 11.9. The maximum atomic E-state index is 12.8. The van der Waals surface area contributed by atoms with Crippen LogP contribution in [0.1, 0.15) is 40.3 Å². The minimum atomic E-state index is -0.456. The van der Waals surface area contributed by atoms with Gasteiger partial charge in [-0.3, -0.25) is 4.79 Å². The van der Waals surface area contributed by atoms with Crippen LogP contribution in [0.15, 0.2) is 54.1 Å². The molecule has 0 aliphatic heterocycles. The minimum Gasteiger partial charge on any atom is -0.490 e. The first-order chi connectivity index (χ1) is 16.7. The predicted molar refractivity (Wildman–Crippen MR) is 149 cm³/mol. The van der Waals surface area contributed by atoms with Crippen molar-refractivity contribution in [2.75, 3.05) is 11.9 Å². The van der Waals surface area contributed by atoms with Crippen molar-refractivity contribution in [3.8, 4) is 17.6 Å². The first kappa shape index (κ1) is 26.3. The zero-order chi connectivity index (χ0) is 25.5. The number of nitrogens with zero attached hydrogens (tertiary/aromatic N) is 1. The lowest BCUT2D eigenvalue weighted by atomic mass is 10.1. The molecule has 6 heteroatoms. The quantitative estimate of drug-likeness (QED) is 0.176. The molecule has 0 spiro atoms. The number of halogens is 1. The van der Waals surface area contributed by atoms with Crippen molar-refractivity contribution in [2.45, 2.75) is 41.2 Å². The molecule has 0 fully saturated rings. The van der Waals surface area contributed by atoms with Crippen LogP contribution >= 0.6 is 22.6 Å². The van der Waals surface area contributed by atoms with E-state index in [0.717, 1.165) is 20.3 Å². The fourth-order valence-electron chi connectivity index (χ4n) is 3.84. The van der Waals surface area contributed by atoms with E-state index < -0.39 is 5.91 Å². The van der Waals surface area contributed by atoms with Gasteiger partial charge in [0.15, 0.2) is 11.5 Å². The Bertz CT molecular complexity index is 1300. The number of ether oxygens (including phenoxy) is 2. The van der Waals surface area contributed by atoms with Crippen LogP contribution < -0.4 is 14.8 Å². The maximum absolute atomic E-state index is 12.8. The summed E-state index contributed by atoms with van der Waals surface area (Å²) in [7, 11) is 0. The molecule has 0 heterocycles. The molecule has 0 aliphatic carbocycles. The highest BCUT2D eigenvalue weighted by Crippen LogP contribution is 2.35. The smallest absolute Gasteiger partial charge is 0.266 e. The van der Waals surface area contributed by atoms with Gasteiger partial charge in [-0.25, -0.2) is 0 Å². The molecule has 0 bridgehead atoms. The number of hydrogen-bond acceptors (Lipinski definition) is 4. The van der Waals surface area contributed by atoms with Crippen molar-refractivity contribution in [3.63, 3.8) is 0 Å². The van der Waals surface area contributed by atoms with Crippen molar-refractivity contribution in [2.24, 2.45) is 0 Å². The van der Waals surface area contributed by atoms with Crippen LogP contribution in [0.25, 0.3) is 6.08 Å². The Morgan fingerprint density at radius 1 is 1.00 bits per heavy atom. The highest BCUT2D eigenvalue weighted by molar-refractivity contribution is 14.1. The number of hydrogen-bond donors (Lipinski definition) is 1. The molecule has 3 aromatic rings. The van der Waals surface area contributed by atoms with Gasteiger partial charge in [-0.1, -0.05) is 47.0 Å². The number of rotatable bonds is 8. The first-order valence-electron chi connectivity index (χ1n) is 11.4. The van der Waals surface area contributed by atoms with E-state index in [1.165, 1.54) is 11.1 Å². The van der Waals surface area contributed by atoms with Gasteiger partial charge in [0.1, 0.15) is 18.2 Å². The average Bonchev–Trinajstić information content (AvgIpc) is 2.78. The summed E-state index contributed by atoms with van der Waals surface area (Å²) >= 11 is 2.19. The number of nitrogens with one attached hydrogen (secondary N) is 1. The molecule has 0 atom stereocenters. The van der Waals surface area contributed by atoms with Gasteiger partial charge in [0.2, 0.25) is 0 Å². The van der Waals surface area contributed by atoms with E-state index in [4.69, 9.17) is 9.47 Å². The number of aryl methyl sites for hydroxylation is 4. The fraction of sp³-hybridized carbons (Fsp3) is 0.241. The summed E-state index contributed by atoms with van der Waals surface area (Å²) in [5.41, 5.74) is 6.87. The number of amides is 1. The molecule has 5 nitrogen and oxygen atoms in total. The van der Waals surface area contributed by atoms with Gasteiger partial charge in [0, 0.05) is 5.69 Å². The number of carbonyl (C=O) groups is 1. The molecule has 0 saturated heterocycles. The molecular formula is C29H29IN2O3. The van der Waals surface area contributed by atoms with Crippen molar-refractivity contribution >= 4 is 40.3 Å².